The van der Waals surface area contributed by atoms with Crippen LogP contribution in [0.5, 0.6) is 5.75 Å². The van der Waals surface area contributed by atoms with Crippen LogP contribution in [0.2, 0.25) is 0 Å². The lowest BCUT2D eigenvalue weighted by molar-refractivity contribution is 0.0352. The Balaban J connectivity index is 1.82. The van der Waals surface area contributed by atoms with Gasteiger partial charge in [0, 0.05) is 29.2 Å². The molecule has 1 fully saturated rings. The van der Waals surface area contributed by atoms with Gasteiger partial charge in [0.15, 0.2) is 0 Å². The van der Waals surface area contributed by atoms with Crippen molar-refractivity contribution in [1.29, 1.82) is 0 Å². The van der Waals surface area contributed by atoms with E-state index in [0.29, 0.717) is 6.61 Å². The Morgan fingerprint density at radius 3 is 2.81 bits per heavy atom. The van der Waals surface area contributed by atoms with E-state index >= 15 is 0 Å². The number of aliphatic hydroxyl groups is 1. The maximum Gasteiger partial charge on any atom is 0.125 e. The molecule has 0 saturated carbocycles. The number of hydrogen-bond acceptors (Lipinski definition) is 3. The zero-order valence-corrected chi connectivity index (χ0v) is 17.3. The number of rotatable bonds is 8. The highest BCUT2D eigenvalue weighted by molar-refractivity contribution is 9.10. The van der Waals surface area contributed by atoms with Crippen LogP contribution in [0, 0.1) is 0 Å². The van der Waals surface area contributed by atoms with Crippen LogP contribution in [-0.4, -0.2) is 29.3 Å². The normalized spacial score (nSPS) is 20.4. The van der Waals surface area contributed by atoms with E-state index in [1.54, 1.807) is 0 Å². The molecule has 0 bridgehead atoms. The molecule has 1 saturated heterocycles. The molecule has 0 aromatic heterocycles. The quantitative estimate of drug-likeness (QED) is 0.444. The fraction of sp³-hybridized carbons (Fsp3) is 0.391. The number of likely N-dealkylation sites (tertiary alicyclic amines) is 1. The second-order valence-electron chi connectivity index (χ2n) is 7.11. The predicted octanol–water partition coefficient (Wildman–Crippen LogP) is 5.49. The lowest BCUT2D eigenvalue weighted by Crippen LogP contribution is -2.38. The minimum atomic E-state index is -0.265. The van der Waals surface area contributed by atoms with Gasteiger partial charge in [0.1, 0.15) is 5.75 Å². The summed E-state index contributed by atoms with van der Waals surface area (Å²) in [6, 6.07) is 16.9. The summed E-state index contributed by atoms with van der Waals surface area (Å²) < 4.78 is 7.13. The number of aliphatic hydroxyl groups excluding tert-OH is 1. The molecule has 27 heavy (non-hydrogen) atoms. The third-order valence-electron chi connectivity index (χ3n) is 5.06. The summed E-state index contributed by atoms with van der Waals surface area (Å²) in [7, 11) is 0. The van der Waals surface area contributed by atoms with Gasteiger partial charge in [-0.25, -0.2) is 0 Å². The van der Waals surface area contributed by atoms with E-state index in [1.807, 2.05) is 18.2 Å². The van der Waals surface area contributed by atoms with Crippen molar-refractivity contribution >= 4 is 15.9 Å². The number of halogens is 1. The molecular weight excluding hydrogens is 402 g/mol. The molecule has 1 N–H and O–H groups in total. The van der Waals surface area contributed by atoms with Crippen LogP contribution in [0.1, 0.15) is 42.9 Å². The number of ether oxygens (including phenoxy) is 1. The number of hydrogen-bond donors (Lipinski definition) is 1. The van der Waals surface area contributed by atoms with Crippen LogP contribution in [0.3, 0.4) is 0 Å². The summed E-state index contributed by atoms with van der Waals surface area (Å²) in [4.78, 5) is 2.46. The molecule has 0 radical (unpaired) electrons. The van der Waals surface area contributed by atoms with Crippen LogP contribution in [0.4, 0.5) is 0 Å². The van der Waals surface area contributed by atoms with Crippen molar-refractivity contribution in [2.45, 2.75) is 44.4 Å². The Labute approximate surface area is 170 Å². The van der Waals surface area contributed by atoms with E-state index in [1.165, 1.54) is 5.56 Å². The van der Waals surface area contributed by atoms with Crippen LogP contribution >= 0.6 is 15.9 Å². The van der Waals surface area contributed by atoms with Gasteiger partial charge in [-0.15, -0.1) is 6.58 Å². The first-order valence-electron chi connectivity index (χ1n) is 9.66. The van der Waals surface area contributed by atoms with Crippen molar-refractivity contribution in [3.8, 4) is 5.75 Å². The summed E-state index contributed by atoms with van der Waals surface area (Å²) in [6.07, 6.45) is 5.11. The van der Waals surface area contributed by atoms with Gasteiger partial charge in [0.2, 0.25) is 0 Å². The van der Waals surface area contributed by atoms with Crippen LogP contribution in [0.15, 0.2) is 65.7 Å². The highest BCUT2D eigenvalue weighted by Gasteiger charge is 2.30. The Hall–Kier alpha value is -1.62. The van der Waals surface area contributed by atoms with Crippen LogP contribution < -0.4 is 4.74 Å². The summed E-state index contributed by atoms with van der Waals surface area (Å²) in [5, 5.41) is 10.3. The Bertz CT molecular complexity index is 734. The van der Waals surface area contributed by atoms with Crippen LogP contribution in [-0.2, 0) is 6.54 Å². The van der Waals surface area contributed by atoms with Gasteiger partial charge in [-0.05, 0) is 43.4 Å². The zero-order valence-electron chi connectivity index (χ0n) is 15.7. The third-order valence-corrected chi connectivity index (χ3v) is 5.55. The Morgan fingerprint density at radius 2 is 2.04 bits per heavy atom. The van der Waals surface area contributed by atoms with Crippen molar-refractivity contribution in [2.75, 3.05) is 13.2 Å². The van der Waals surface area contributed by atoms with E-state index < -0.39 is 0 Å². The molecule has 0 unspecified atom stereocenters. The first kappa shape index (κ1) is 20.1. The fourth-order valence-corrected chi connectivity index (χ4v) is 3.98. The first-order valence-corrected chi connectivity index (χ1v) is 10.5. The average molecular weight is 430 g/mol. The third kappa shape index (κ3) is 5.68. The van der Waals surface area contributed by atoms with Gasteiger partial charge in [0.25, 0.3) is 0 Å². The molecule has 4 heteroatoms. The molecule has 2 atom stereocenters. The molecule has 0 aliphatic carbocycles. The van der Waals surface area contributed by atoms with Gasteiger partial charge >= 0.3 is 0 Å². The lowest BCUT2D eigenvalue weighted by atomic mass is 9.92. The first-order chi connectivity index (χ1) is 13.2. The van der Waals surface area contributed by atoms with Crippen molar-refractivity contribution in [1.82, 2.24) is 4.90 Å². The van der Waals surface area contributed by atoms with E-state index in [0.717, 1.165) is 54.6 Å². The minimum Gasteiger partial charge on any atom is -0.493 e. The van der Waals surface area contributed by atoms with Crippen molar-refractivity contribution in [3.63, 3.8) is 0 Å². The Morgan fingerprint density at radius 1 is 1.22 bits per heavy atom. The molecule has 2 aromatic carbocycles. The number of piperidine rings is 1. The molecule has 144 valence electrons. The predicted molar refractivity (Wildman–Crippen MR) is 114 cm³/mol. The van der Waals surface area contributed by atoms with Crippen molar-refractivity contribution in [3.05, 3.63) is 76.8 Å². The van der Waals surface area contributed by atoms with E-state index in [9.17, 15) is 5.11 Å². The van der Waals surface area contributed by atoms with E-state index in [2.05, 4.69) is 63.8 Å². The van der Waals surface area contributed by atoms with E-state index in [4.69, 9.17) is 4.74 Å². The highest BCUT2D eigenvalue weighted by Crippen LogP contribution is 2.38. The van der Waals surface area contributed by atoms with Crippen molar-refractivity contribution in [2.24, 2.45) is 0 Å². The van der Waals surface area contributed by atoms with E-state index in [-0.39, 0.29) is 12.1 Å². The molecule has 1 heterocycles. The largest absolute Gasteiger partial charge is 0.493 e. The molecule has 1 aliphatic rings. The summed E-state index contributed by atoms with van der Waals surface area (Å²) in [5.41, 5.74) is 2.45. The number of nitrogens with zero attached hydrogens (tertiary/aromatic N) is 1. The SMILES string of the molecule is C=CCCCOc1cc(Br)ccc1[C@@H]1C[C@@H](O)CCN1Cc1ccccc1. The molecule has 1 aliphatic heterocycles. The molecule has 0 amide bonds. The second kappa shape index (κ2) is 10.1. The summed E-state index contributed by atoms with van der Waals surface area (Å²) in [5.74, 6) is 0.908. The fourth-order valence-electron chi connectivity index (χ4n) is 3.64. The smallest absolute Gasteiger partial charge is 0.125 e. The molecule has 0 spiro atoms. The van der Waals surface area contributed by atoms with Gasteiger partial charge in [-0.2, -0.15) is 0 Å². The maximum atomic E-state index is 10.3. The zero-order chi connectivity index (χ0) is 19.1. The topological polar surface area (TPSA) is 32.7 Å². The Kier molecular flexibility index (Phi) is 7.50. The lowest BCUT2D eigenvalue weighted by Gasteiger charge is -2.39. The number of unbranched alkanes of at least 4 members (excludes halogenated alkanes) is 1. The molecular formula is C23H28BrNO2. The molecule has 3 rings (SSSR count). The van der Waals surface area contributed by atoms with Crippen LogP contribution in [0.25, 0.3) is 0 Å². The maximum absolute atomic E-state index is 10.3. The molecule has 2 aromatic rings. The monoisotopic (exact) mass is 429 g/mol. The standard InChI is InChI=1S/C23H28BrNO2/c1-2-3-7-14-27-23-15-19(24)10-11-21(23)22-16-20(26)12-13-25(22)17-18-8-5-4-6-9-18/h2,4-6,8-11,15,20,22,26H,1,3,7,12-14,16-17H2/t20-,22-/m0/s1. The number of benzene rings is 2. The van der Waals surface area contributed by atoms with Gasteiger partial charge < -0.3 is 9.84 Å². The minimum absolute atomic E-state index is 0.150. The van der Waals surface area contributed by atoms with Gasteiger partial charge in [0.05, 0.1) is 12.7 Å². The average Bonchev–Trinajstić information content (AvgIpc) is 2.68. The van der Waals surface area contributed by atoms with Gasteiger partial charge in [-0.3, -0.25) is 4.90 Å². The summed E-state index contributed by atoms with van der Waals surface area (Å²) in [6.45, 7) is 6.20. The number of allylic oxidation sites excluding steroid dienone is 1. The summed E-state index contributed by atoms with van der Waals surface area (Å²) >= 11 is 3.56. The van der Waals surface area contributed by atoms with Crippen molar-refractivity contribution < 1.29 is 9.84 Å². The molecule has 3 nitrogen and oxygen atoms in total. The van der Waals surface area contributed by atoms with Gasteiger partial charge in [-0.1, -0.05) is 58.4 Å². The second-order valence-corrected chi connectivity index (χ2v) is 8.03. The highest BCUT2D eigenvalue weighted by atomic mass is 79.9.